The summed E-state index contributed by atoms with van der Waals surface area (Å²) in [6, 6.07) is 0. The van der Waals surface area contributed by atoms with Crippen LogP contribution < -0.4 is 5.32 Å². The van der Waals surface area contributed by atoms with Gasteiger partial charge in [-0.25, -0.2) is 4.57 Å². The average molecular weight is 662 g/mol. The Balaban J connectivity index is 3.64. The van der Waals surface area contributed by atoms with Gasteiger partial charge in [-0.1, -0.05) is 129 Å². The zero-order valence-corrected chi connectivity index (χ0v) is 29.7. The Hall–Kier alpha value is -1.25. The molecule has 0 aliphatic heterocycles. The highest BCUT2D eigenvalue weighted by Crippen LogP contribution is 2.42. The number of phosphoric ester groups is 1. The fourth-order valence-corrected chi connectivity index (χ4v) is 5.66. The molecule has 1 amide bonds. The molecule has 2 atom stereocenters. The summed E-state index contributed by atoms with van der Waals surface area (Å²) >= 11 is 0. The number of ether oxygens (including phenoxy) is 1. The van der Waals surface area contributed by atoms with Crippen LogP contribution in [0.1, 0.15) is 168 Å². The molecule has 0 bridgehead atoms. The molecule has 0 fully saturated rings. The molecule has 2 unspecified atom stereocenters. The molecule has 0 aromatic rings. The molecular formula is C35H68NO8P. The third-order valence-corrected chi connectivity index (χ3v) is 8.68. The third-order valence-electron chi connectivity index (χ3n) is 7.70. The first-order valence-corrected chi connectivity index (χ1v) is 19.7. The Labute approximate surface area is 275 Å². The number of amides is 1. The molecule has 0 spiro atoms. The van der Waals surface area contributed by atoms with Gasteiger partial charge in [0.25, 0.3) is 0 Å². The summed E-state index contributed by atoms with van der Waals surface area (Å²) in [5.74, 6) is -0.525. The maximum Gasteiger partial charge on any atom is 0.472 e. The summed E-state index contributed by atoms with van der Waals surface area (Å²) in [7, 11) is -4.40. The summed E-state index contributed by atoms with van der Waals surface area (Å²) in [5.41, 5.74) is 0. The Bertz CT molecular complexity index is 764. The van der Waals surface area contributed by atoms with E-state index in [0.29, 0.717) is 6.42 Å². The zero-order chi connectivity index (χ0) is 33.3. The van der Waals surface area contributed by atoms with Crippen LogP contribution in [0, 0.1) is 0 Å². The van der Waals surface area contributed by atoms with Crippen molar-refractivity contribution in [3.63, 3.8) is 0 Å². The normalized spacial score (nSPS) is 13.6. The summed E-state index contributed by atoms with van der Waals surface area (Å²) < 4.78 is 26.7. The van der Waals surface area contributed by atoms with E-state index in [1.54, 1.807) is 0 Å². The summed E-state index contributed by atoms with van der Waals surface area (Å²) in [5, 5.41) is 12.6. The van der Waals surface area contributed by atoms with E-state index in [1.165, 1.54) is 83.5 Å². The monoisotopic (exact) mass is 661 g/mol. The quantitative estimate of drug-likeness (QED) is 0.0269. The first kappa shape index (κ1) is 43.8. The lowest BCUT2D eigenvalue weighted by Crippen LogP contribution is -2.27. The topological polar surface area (TPSA) is 131 Å². The Morgan fingerprint density at radius 1 is 0.667 bits per heavy atom. The van der Waals surface area contributed by atoms with Gasteiger partial charge in [0.05, 0.1) is 13.2 Å². The van der Waals surface area contributed by atoms with Crippen molar-refractivity contribution in [3.05, 3.63) is 12.2 Å². The van der Waals surface area contributed by atoms with Crippen molar-refractivity contribution < 1.29 is 37.9 Å². The predicted molar refractivity (Wildman–Crippen MR) is 183 cm³/mol. The number of rotatable bonds is 34. The molecule has 0 aliphatic carbocycles. The van der Waals surface area contributed by atoms with Gasteiger partial charge in [-0.15, -0.1) is 0 Å². The number of hydrogen-bond acceptors (Lipinski definition) is 7. The number of phosphoric acid groups is 1. The molecule has 45 heavy (non-hydrogen) atoms. The predicted octanol–water partition coefficient (Wildman–Crippen LogP) is 9.10. The van der Waals surface area contributed by atoms with Crippen LogP contribution in [-0.4, -0.2) is 54.3 Å². The standard InChI is InChI=1S/C35H68NO8P/c1-3-5-7-9-11-13-15-16-17-18-20-22-24-26-28-35(39)42-31-33(37)32-44-45(40,41)43-30-29-36-34(38)27-25-23-21-19-14-12-10-8-6-4-2/h15-16,33,37H,3-14,17-32H2,1-2H3,(H,36,38)(H,40,41)/b16-15-. The van der Waals surface area contributed by atoms with Gasteiger partial charge in [0, 0.05) is 19.4 Å². The molecule has 0 saturated carbocycles. The van der Waals surface area contributed by atoms with Gasteiger partial charge in [-0.2, -0.15) is 0 Å². The van der Waals surface area contributed by atoms with Gasteiger partial charge in [0.2, 0.25) is 5.91 Å². The molecule has 0 aromatic heterocycles. The van der Waals surface area contributed by atoms with Crippen LogP contribution in [0.25, 0.3) is 0 Å². The summed E-state index contributed by atoms with van der Waals surface area (Å²) in [4.78, 5) is 33.6. The molecule has 9 nitrogen and oxygen atoms in total. The zero-order valence-electron chi connectivity index (χ0n) is 28.8. The minimum absolute atomic E-state index is 0.0843. The van der Waals surface area contributed by atoms with Gasteiger partial charge in [0.15, 0.2) is 0 Å². The minimum Gasteiger partial charge on any atom is -0.463 e. The van der Waals surface area contributed by atoms with Crippen LogP contribution >= 0.6 is 7.82 Å². The number of carbonyl (C=O) groups is 2. The highest BCUT2D eigenvalue weighted by molar-refractivity contribution is 7.47. The fraction of sp³-hybridized carbons (Fsp3) is 0.886. The van der Waals surface area contributed by atoms with Gasteiger partial charge in [-0.3, -0.25) is 18.6 Å². The molecule has 0 radical (unpaired) electrons. The van der Waals surface area contributed by atoms with Crippen LogP contribution in [0.3, 0.4) is 0 Å². The first-order valence-electron chi connectivity index (χ1n) is 18.2. The van der Waals surface area contributed by atoms with E-state index in [9.17, 15) is 24.2 Å². The Morgan fingerprint density at radius 2 is 1.13 bits per heavy atom. The second-order valence-corrected chi connectivity index (χ2v) is 13.7. The highest BCUT2D eigenvalue weighted by Gasteiger charge is 2.23. The third kappa shape index (κ3) is 33.9. The SMILES string of the molecule is CCCCCCC/C=C\CCCCCCCC(=O)OCC(O)COP(=O)(O)OCCNC(=O)CCCCCCCCCCCC. The number of unbranched alkanes of at least 4 members (excludes halogenated alkanes) is 19. The molecular weight excluding hydrogens is 593 g/mol. The van der Waals surface area contributed by atoms with Crippen LogP contribution in [-0.2, 0) is 27.9 Å². The van der Waals surface area contributed by atoms with Crippen molar-refractivity contribution in [2.45, 2.75) is 174 Å². The van der Waals surface area contributed by atoms with Crippen molar-refractivity contribution >= 4 is 19.7 Å². The fourth-order valence-electron chi connectivity index (χ4n) is 4.90. The molecule has 10 heteroatoms. The molecule has 266 valence electrons. The van der Waals surface area contributed by atoms with Crippen molar-refractivity contribution in [2.75, 3.05) is 26.4 Å². The number of nitrogens with one attached hydrogen (secondary N) is 1. The maximum atomic E-state index is 12.0. The van der Waals surface area contributed by atoms with Crippen LogP contribution in [0.15, 0.2) is 12.2 Å². The lowest BCUT2D eigenvalue weighted by atomic mass is 10.1. The van der Waals surface area contributed by atoms with Crippen molar-refractivity contribution in [1.29, 1.82) is 0 Å². The highest BCUT2D eigenvalue weighted by atomic mass is 31.2. The first-order chi connectivity index (χ1) is 21.8. The molecule has 0 heterocycles. The summed E-state index contributed by atoms with van der Waals surface area (Å²) in [6.07, 6.45) is 30.0. The summed E-state index contributed by atoms with van der Waals surface area (Å²) in [6.45, 7) is 3.51. The van der Waals surface area contributed by atoms with Crippen LogP contribution in [0.4, 0.5) is 0 Å². The number of esters is 1. The average Bonchev–Trinajstić information content (AvgIpc) is 3.02. The number of aliphatic hydroxyl groups excluding tert-OH is 1. The Morgan fingerprint density at radius 3 is 1.67 bits per heavy atom. The van der Waals surface area contributed by atoms with E-state index in [0.717, 1.165) is 57.8 Å². The second kappa shape index (κ2) is 32.7. The van der Waals surface area contributed by atoms with E-state index in [-0.39, 0.29) is 32.1 Å². The maximum absolute atomic E-state index is 12.0. The minimum atomic E-state index is -4.40. The number of hydrogen-bond donors (Lipinski definition) is 3. The molecule has 0 aromatic carbocycles. The number of carbonyl (C=O) groups excluding carboxylic acids is 2. The molecule has 3 N–H and O–H groups in total. The lowest BCUT2D eigenvalue weighted by Gasteiger charge is -2.15. The van der Waals surface area contributed by atoms with E-state index in [1.807, 2.05) is 0 Å². The van der Waals surface area contributed by atoms with Crippen LogP contribution in [0.2, 0.25) is 0 Å². The van der Waals surface area contributed by atoms with Crippen molar-refractivity contribution in [2.24, 2.45) is 0 Å². The van der Waals surface area contributed by atoms with Crippen molar-refractivity contribution in [3.8, 4) is 0 Å². The van der Waals surface area contributed by atoms with Gasteiger partial charge in [0.1, 0.15) is 12.7 Å². The van der Waals surface area contributed by atoms with Gasteiger partial charge < -0.3 is 20.1 Å². The van der Waals surface area contributed by atoms with Crippen molar-refractivity contribution in [1.82, 2.24) is 5.32 Å². The smallest absolute Gasteiger partial charge is 0.463 e. The van der Waals surface area contributed by atoms with Gasteiger partial charge in [-0.05, 0) is 38.5 Å². The number of allylic oxidation sites excluding steroid dienone is 2. The van der Waals surface area contributed by atoms with Crippen LogP contribution in [0.5, 0.6) is 0 Å². The van der Waals surface area contributed by atoms with E-state index in [4.69, 9.17) is 13.8 Å². The van der Waals surface area contributed by atoms with E-state index in [2.05, 4.69) is 31.3 Å². The van der Waals surface area contributed by atoms with E-state index >= 15 is 0 Å². The van der Waals surface area contributed by atoms with Gasteiger partial charge >= 0.3 is 13.8 Å². The largest absolute Gasteiger partial charge is 0.472 e. The number of aliphatic hydroxyl groups is 1. The second-order valence-electron chi connectivity index (χ2n) is 12.2. The Kier molecular flexibility index (Phi) is 31.8. The lowest BCUT2D eigenvalue weighted by molar-refractivity contribution is -0.147. The molecule has 0 rings (SSSR count). The molecule has 0 saturated heterocycles. The molecule has 0 aliphatic rings. The van der Waals surface area contributed by atoms with E-state index < -0.39 is 26.5 Å².